The van der Waals surface area contributed by atoms with E-state index in [0.717, 1.165) is 12.8 Å². The van der Waals surface area contributed by atoms with Crippen LogP contribution in [0.5, 0.6) is 0 Å². The molecule has 0 bridgehead atoms. The summed E-state index contributed by atoms with van der Waals surface area (Å²) in [7, 11) is 0. The number of rotatable bonds is 4. The SMILES string of the molecule is CCCCc1ccc(C(=O)O)cc1.[Fe]. The van der Waals surface area contributed by atoms with Crippen LogP contribution in [0, 0.1) is 0 Å². The van der Waals surface area contributed by atoms with E-state index < -0.39 is 5.97 Å². The summed E-state index contributed by atoms with van der Waals surface area (Å²) in [6.07, 6.45) is 3.36. The maximum Gasteiger partial charge on any atom is 0.335 e. The number of aromatic carboxylic acids is 1. The molecular weight excluding hydrogens is 220 g/mol. The van der Waals surface area contributed by atoms with Crippen molar-refractivity contribution in [1.82, 2.24) is 0 Å². The van der Waals surface area contributed by atoms with Gasteiger partial charge in [-0.3, -0.25) is 0 Å². The van der Waals surface area contributed by atoms with Crippen LogP contribution in [0.2, 0.25) is 0 Å². The summed E-state index contributed by atoms with van der Waals surface area (Å²) in [5, 5.41) is 8.65. The number of aryl methyl sites for hydroxylation is 1. The minimum atomic E-state index is -0.859. The van der Waals surface area contributed by atoms with E-state index in [2.05, 4.69) is 6.92 Å². The van der Waals surface area contributed by atoms with Gasteiger partial charge in [-0.1, -0.05) is 25.5 Å². The molecule has 0 aromatic heterocycles. The molecule has 3 heteroatoms. The van der Waals surface area contributed by atoms with E-state index in [9.17, 15) is 4.79 Å². The molecule has 0 aliphatic carbocycles. The second-order valence-corrected chi connectivity index (χ2v) is 3.11. The third-order valence-electron chi connectivity index (χ3n) is 2.02. The van der Waals surface area contributed by atoms with E-state index in [1.165, 1.54) is 12.0 Å². The largest absolute Gasteiger partial charge is 0.478 e. The zero-order chi connectivity index (χ0) is 9.68. The molecule has 2 nitrogen and oxygen atoms in total. The Morgan fingerprint density at radius 1 is 1.29 bits per heavy atom. The molecule has 0 atom stereocenters. The van der Waals surface area contributed by atoms with Crippen LogP contribution in [0.15, 0.2) is 24.3 Å². The molecule has 0 spiro atoms. The number of carboxylic acids is 1. The third kappa shape index (κ3) is 3.95. The standard InChI is InChI=1S/C11H14O2.Fe/c1-2-3-4-9-5-7-10(8-6-9)11(12)13;/h5-8H,2-4H2,1H3,(H,12,13);. The van der Waals surface area contributed by atoms with Crippen LogP contribution in [-0.4, -0.2) is 11.1 Å². The van der Waals surface area contributed by atoms with Gasteiger partial charge in [0.05, 0.1) is 5.56 Å². The monoisotopic (exact) mass is 234 g/mol. The summed E-state index contributed by atoms with van der Waals surface area (Å²) in [6, 6.07) is 7.10. The van der Waals surface area contributed by atoms with Crippen molar-refractivity contribution in [1.29, 1.82) is 0 Å². The minimum Gasteiger partial charge on any atom is -0.478 e. The van der Waals surface area contributed by atoms with E-state index in [0.29, 0.717) is 5.56 Å². The van der Waals surface area contributed by atoms with Crippen LogP contribution in [0.4, 0.5) is 0 Å². The first-order valence-corrected chi connectivity index (χ1v) is 4.56. The fourth-order valence-corrected chi connectivity index (χ4v) is 1.19. The predicted molar refractivity (Wildman–Crippen MR) is 52.0 cm³/mol. The van der Waals surface area contributed by atoms with Crippen molar-refractivity contribution >= 4 is 5.97 Å². The van der Waals surface area contributed by atoms with Crippen LogP contribution in [0.25, 0.3) is 0 Å². The Labute approximate surface area is 94.8 Å². The number of benzene rings is 1. The average molecular weight is 234 g/mol. The first-order chi connectivity index (χ1) is 6.24. The molecule has 1 N–H and O–H groups in total. The topological polar surface area (TPSA) is 37.3 Å². The van der Waals surface area contributed by atoms with Gasteiger partial charge in [0.25, 0.3) is 0 Å². The van der Waals surface area contributed by atoms with Gasteiger partial charge in [-0.2, -0.15) is 0 Å². The van der Waals surface area contributed by atoms with Crippen molar-refractivity contribution in [2.75, 3.05) is 0 Å². The van der Waals surface area contributed by atoms with Crippen molar-refractivity contribution in [2.24, 2.45) is 0 Å². The van der Waals surface area contributed by atoms with Gasteiger partial charge in [-0.15, -0.1) is 0 Å². The first kappa shape index (κ1) is 13.2. The number of hydrogen-bond donors (Lipinski definition) is 1. The Bertz CT molecular complexity index is 280. The fraction of sp³-hybridized carbons (Fsp3) is 0.364. The molecule has 14 heavy (non-hydrogen) atoms. The zero-order valence-electron chi connectivity index (χ0n) is 8.14. The molecule has 78 valence electrons. The molecule has 0 aliphatic rings. The van der Waals surface area contributed by atoms with Crippen molar-refractivity contribution in [3.63, 3.8) is 0 Å². The van der Waals surface area contributed by atoms with Crippen LogP contribution < -0.4 is 0 Å². The second-order valence-electron chi connectivity index (χ2n) is 3.11. The molecule has 0 saturated heterocycles. The van der Waals surface area contributed by atoms with Crippen LogP contribution in [-0.2, 0) is 23.5 Å². The smallest absolute Gasteiger partial charge is 0.335 e. The summed E-state index contributed by atoms with van der Waals surface area (Å²) in [4.78, 5) is 10.5. The van der Waals surface area contributed by atoms with Gasteiger partial charge in [0.2, 0.25) is 0 Å². The van der Waals surface area contributed by atoms with Gasteiger partial charge < -0.3 is 5.11 Å². The third-order valence-corrected chi connectivity index (χ3v) is 2.02. The average Bonchev–Trinajstić information content (AvgIpc) is 2.15. The number of carbonyl (C=O) groups is 1. The summed E-state index contributed by atoms with van der Waals surface area (Å²) in [5.41, 5.74) is 1.58. The molecule has 1 aromatic carbocycles. The molecule has 0 radical (unpaired) electrons. The maximum atomic E-state index is 10.5. The molecule has 0 heterocycles. The van der Waals surface area contributed by atoms with Crippen LogP contribution >= 0.6 is 0 Å². The summed E-state index contributed by atoms with van der Waals surface area (Å²) < 4.78 is 0. The molecular formula is C11H14FeO2. The fourth-order valence-electron chi connectivity index (χ4n) is 1.19. The Morgan fingerprint density at radius 2 is 1.86 bits per heavy atom. The quantitative estimate of drug-likeness (QED) is 0.813. The van der Waals surface area contributed by atoms with Gasteiger partial charge in [0, 0.05) is 17.1 Å². The van der Waals surface area contributed by atoms with Gasteiger partial charge in [-0.25, -0.2) is 4.79 Å². The van der Waals surface area contributed by atoms with Gasteiger partial charge in [0.15, 0.2) is 0 Å². The normalized spacial score (nSPS) is 9.21. The molecule has 0 saturated carbocycles. The number of carboxylic acid groups (broad SMARTS) is 1. The molecule has 1 aromatic rings. The maximum absolute atomic E-state index is 10.5. The van der Waals surface area contributed by atoms with E-state index in [1.54, 1.807) is 12.1 Å². The molecule has 0 aliphatic heterocycles. The Kier molecular flexibility index (Phi) is 6.26. The molecule has 1 rings (SSSR count). The molecule has 0 amide bonds. The van der Waals surface area contributed by atoms with Crippen LogP contribution in [0.1, 0.15) is 35.7 Å². The first-order valence-electron chi connectivity index (χ1n) is 4.56. The summed E-state index contributed by atoms with van der Waals surface area (Å²) in [6.45, 7) is 2.14. The van der Waals surface area contributed by atoms with Crippen molar-refractivity contribution in [3.05, 3.63) is 35.4 Å². The second kappa shape index (κ2) is 6.63. The predicted octanol–water partition coefficient (Wildman–Crippen LogP) is 2.72. The van der Waals surface area contributed by atoms with Crippen molar-refractivity contribution in [3.8, 4) is 0 Å². The number of hydrogen-bond acceptors (Lipinski definition) is 1. The van der Waals surface area contributed by atoms with Gasteiger partial charge in [-0.05, 0) is 30.5 Å². The van der Waals surface area contributed by atoms with Crippen molar-refractivity contribution < 1.29 is 27.0 Å². The van der Waals surface area contributed by atoms with E-state index in [1.807, 2.05) is 12.1 Å². The van der Waals surface area contributed by atoms with Crippen molar-refractivity contribution in [2.45, 2.75) is 26.2 Å². The molecule has 0 fully saturated rings. The zero-order valence-corrected chi connectivity index (χ0v) is 9.24. The van der Waals surface area contributed by atoms with E-state index in [4.69, 9.17) is 5.11 Å². The minimum absolute atomic E-state index is 0. The molecule has 0 unspecified atom stereocenters. The van der Waals surface area contributed by atoms with Crippen LogP contribution in [0.3, 0.4) is 0 Å². The Hall–Kier alpha value is -0.791. The van der Waals surface area contributed by atoms with E-state index in [-0.39, 0.29) is 17.1 Å². The number of unbranched alkanes of at least 4 members (excludes halogenated alkanes) is 1. The van der Waals surface area contributed by atoms with Gasteiger partial charge >= 0.3 is 5.97 Å². The summed E-state index contributed by atoms with van der Waals surface area (Å²) >= 11 is 0. The Morgan fingerprint density at radius 3 is 2.29 bits per heavy atom. The van der Waals surface area contributed by atoms with E-state index >= 15 is 0 Å². The summed E-state index contributed by atoms with van der Waals surface area (Å²) in [5.74, 6) is -0.859. The van der Waals surface area contributed by atoms with Gasteiger partial charge in [0.1, 0.15) is 0 Å². The Balaban J connectivity index is 0.00000169.